The van der Waals surface area contributed by atoms with Gasteiger partial charge in [-0.25, -0.2) is 18.4 Å². The second kappa shape index (κ2) is 9.60. The molecule has 2 heterocycles. The van der Waals surface area contributed by atoms with Crippen molar-refractivity contribution in [2.45, 2.75) is 45.2 Å². The molecule has 4 rings (SSSR count). The minimum Gasteiger partial charge on any atom is -0.380 e. The van der Waals surface area contributed by atoms with E-state index in [0.717, 1.165) is 17.7 Å². The SMILES string of the molecule is Cc1ccccc1Cn1ccc(CO[C@H](C)[C@](O)(Cn2cncn2)c2ccc(F)cc2F)n1. The summed E-state index contributed by atoms with van der Waals surface area (Å²) >= 11 is 0. The summed E-state index contributed by atoms with van der Waals surface area (Å²) in [5.41, 5.74) is 1.10. The summed E-state index contributed by atoms with van der Waals surface area (Å²) in [5, 5.41) is 20.0. The van der Waals surface area contributed by atoms with Crippen LogP contribution in [-0.4, -0.2) is 35.8 Å². The Morgan fingerprint density at radius 1 is 1.12 bits per heavy atom. The molecule has 2 aromatic carbocycles. The fraction of sp³-hybridized carbons (Fsp3) is 0.292. The van der Waals surface area contributed by atoms with Gasteiger partial charge >= 0.3 is 0 Å². The fourth-order valence-electron chi connectivity index (χ4n) is 3.71. The zero-order valence-corrected chi connectivity index (χ0v) is 18.4. The summed E-state index contributed by atoms with van der Waals surface area (Å²) < 4.78 is 37.2. The molecule has 0 radical (unpaired) electrons. The molecule has 0 saturated carbocycles. The number of nitrogens with zero attached hydrogens (tertiary/aromatic N) is 5. The molecule has 0 bridgehead atoms. The Balaban J connectivity index is 1.50. The van der Waals surface area contributed by atoms with Crippen LogP contribution in [0.4, 0.5) is 8.78 Å². The highest BCUT2D eigenvalue weighted by Gasteiger charge is 2.40. The van der Waals surface area contributed by atoms with Crippen LogP contribution in [0.15, 0.2) is 67.4 Å². The molecule has 9 heteroatoms. The predicted molar refractivity (Wildman–Crippen MR) is 117 cm³/mol. The van der Waals surface area contributed by atoms with Gasteiger partial charge in [-0.15, -0.1) is 0 Å². The molecular weight excluding hydrogens is 428 g/mol. The number of aryl methyl sites for hydroxylation is 1. The Labute approximate surface area is 190 Å². The van der Waals surface area contributed by atoms with Crippen LogP contribution in [0.3, 0.4) is 0 Å². The molecule has 0 amide bonds. The van der Waals surface area contributed by atoms with Crippen LogP contribution >= 0.6 is 0 Å². The van der Waals surface area contributed by atoms with Crippen LogP contribution in [0.1, 0.15) is 29.3 Å². The Hall–Kier alpha value is -3.43. The minimum absolute atomic E-state index is 0.0861. The number of benzene rings is 2. The molecule has 4 aromatic rings. The Kier molecular flexibility index (Phi) is 6.62. The number of aliphatic hydroxyl groups is 1. The van der Waals surface area contributed by atoms with E-state index >= 15 is 0 Å². The predicted octanol–water partition coefficient (Wildman–Crippen LogP) is 3.60. The molecule has 172 valence electrons. The first-order valence-corrected chi connectivity index (χ1v) is 10.5. The average Bonchev–Trinajstić information content (AvgIpc) is 3.45. The standard InChI is InChI=1S/C24H25F2N5O2/c1-17-5-3-4-6-19(17)12-30-10-9-21(29-30)13-33-18(2)24(32,14-31-16-27-15-28-31)22-8-7-20(25)11-23(22)26/h3-11,15-16,18,32H,12-14H2,1-2H3/t18-,24-/m1/s1. The number of hydrogen-bond donors (Lipinski definition) is 1. The van der Waals surface area contributed by atoms with E-state index in [1.54, 1.807) is 6.92 Å². The first kappa shape index (κ1) is 22.8. The molecule has 0 unspecified atom stereocenters. The Bertz CT molecular complexity index is 1210. The molecule has 0 saturated heterocycles. The normalized spacial score (nSPS) is 14.2. The summed E-state index contributed by atoms with van der Waals surface area (Å²) in [6.45, 7) is 4.28. The molecule has 2 aromatic heterocycles. The van der Waals surface area contributed by atoms with E-state index in [1.807, 2.05) is 29.1 Å². The van der Waals surface area contributed by atoms with Crippen molar-refractivity contribution in [3.8, 4) is 0 Å². The van der Waals surface area contributed by atoms with E-state index in [9.17, 15) is 13.9 Å². The minimum atomic E-state index is -1.82. The van der Waals surface area contributed by atoms with Crippen molar-refractivity contribution >= 4 is 0 Å². The van der Waals surface area contributed by atoms with Gasteiger partial charge in [-0.2, -0.15) is 10.2 Å². The lowest BCUT2D eigenvalue weighted by Gasteiger charge is -2.34. The quantitative estimate of drug-likeness (QED) is 0.419. The van der Waals surface area contributed by atoms with Gasteiger partial charge in [0.1, 0.15) is 29.9 Å². The molecule has 2 atom stereocenters. The number of halogens is 2. The molecular formula is C24H25F2N5O2. The van der Waals surface area contributed by atoms with Gasteiger partial charge in [-0.3, -0.25) is 4.68 Å². The molecule has 1 N–H and O–H groups in total. The van der Waals surface area contributed by atoms with E-state index in [1.165, 1.54) is 29.0 Å². The highest BCUT2D eigenvalue weighted by Crippen LogP contribution is 2.32. The largest absolute Gasteiger partial charge is 0.380 e. The second-order valence-electron chi connectivity index (χ2n) is 8.03. The van der Waals surface area contributed by atoms with E-state index in [0.29, 0.717) is 12.2 Å². The van der Waals surface area contributed by atoms with Gasteiger partial charge in [-0.05, 0) is 37.1 Å². The third kappa shape index (κ3) is 5.15. The summed E-state index contributed by atoms with van der Waals surface area (Å²) in [4.78, 5) is 3.87. The van der Waals surface area contributed by atoms with Crippen molar-refractivity contribution in [3.05, 3.63) is 101 Å². The van der Waals surface area contributed by atoms with Crippen LogP contribution in [0.2, 0.25) is 0 Å². The lowest BCUT2D eigenvalue weighted by Crippen LogP contribution is -2.44. The lowest BCUT2D eigenvalue weighted by molar-refractivity contribution is -0.124. The Morgan fingerprint density at radius 3 is 2.67 bits per heavy atom. The van der Waals surface area contributed by atoms with Gasteiger partial charge in [0, 0.05) is 17.8 Å². The number of hydrogen-bond acceptors (Lipinski definition) is 5. The van der Waals surface area contributed by atoms with Crippen LogP contribution in [0, 0.1) is 18.6 Å². The van der Waals surface area contributed by atoms with E-state index in [4.69, 9.17) is 4.74 Å². The van der Waals surface area contributed by atoms with Gasteiger partial charge in [0.2, 0.25) is 0 Å². The first-order chi connectivity index (χ1) is 15.8. The van der Waals surface area contributed by atoms with Crippen LogP contribution in [0.5, 0.6) is 0 Å². The van der Waals surface area contributed by atoms with Crippen molar-refractivity contribution in [1.29, 1.82) is 0 Å². The maximum atomic E-state index is 14.6. The Morgan fingerprint density at radius 2 is 1.94 bits per heavy atom. The van der Waals surface area contributed by atoms with Crippen molar-refractivity contribution in [2.75, 3.05) is 0 Å². The fourth-order valence-corrected chi connectivity index (χ4v) is 3.71. The highest BCUT2D eigenvalue weighted by molar-refractivity contribution is 5.27. The van der Waals surface area contributed by atoms with Crippen molar-refractivity contribution < 1.29 is 18.6 Å². The molecule has 0 spiro atoms. The van der Waals surface area contributed by atoms with Gasteiger partial charge < -0.3 is 9.84 Å². The third-order valence-electron chi connectivity index (χ3n) is 5.71. The molecule has 7 nitrogen and oxygen atoms in total. The van der Waals surface area contributed by atoms with Crippen LogP contribution < -0.4 is 0 Å². The summed E-state index contributed by atoms with van der Waals surface area (Å²) in [6.07, 6.45) is 3.71. The lowest BCUT2D eigenvalue weighted by atomic mass is 9.88. The van der Waals surface area contributed by atoms with Gasteiger partial charge in [0.25, 0.3) is 0 Å². The van der Waals surface area contributed by atoms with Crippen molar-refractivity contribution in [2.24, 2.45) is 0 Å². The molecule has 33 heavy (non-hydrogen) atoms. The molecule has 0 aliphatic rings. The average molecular weight is 453 g/mol. The zero-order chi connectivity index (χ0) is 23.4. The van der Waals surface area contributed by atoms with Crippen LogP contribution in [0.25, 0.3) is 0 Å². The van der Waals surface area contributed by atoms with Crippen LogP contribution in [-0.2, 0) is 30.0 Å². The van der Waals surface area contributed by atoms with E-state index in [2.05, 4.69) is 34.2 Å². The molecule has 0 aliphatic heterocycles. The van der Waals surface area contributed by atoms with E-state index in [-0.39, 0.29) is 18.7 Å². The first-order valence-electron chi connectivity index (χ1n) is 10.5. The maximum absolute atomic E-state index is 14.6. The monoisotopic (exact) mass is 453 g/mol. The smallest absolute Gasteiger partial charge is 0.138 e. The number of rotatable bonds is 9. The summed E-state index contributed by atoms with van der Waals surface area (Å²) in [5.74, 6) is -1.59. The summed E-state index contributed by atoms with van der Waals surface area (Å²) in [6, 6.07) is 13.0. The third-order valence-corrected chi connectivity index (χ3v) is 5.71. The summed E-state index contributed by atoms with van der Waals surface area (Å²) in [7, 11) is 0. The second-order valence-corrected chi connectivity index (χ2v) is 8.03. The van der Waals surface area contributed by atoms with Crippen molar-refractivity contribution in [3.63, 3.8) is 0 Å². The number of aromatic nitrogens is 5. The highest BCUT2D eigenvalue weighted by atomic mass is 19.1. The van der Waals surface area contributed by atoms with Gasteiger partial charge in [0.05, 0.1) is 31.5 Å². The topological polar surface area (TPSA) is 78.0 Å². The van der Waals surface area contributed by atoms with Gasteiger partial charge in [0.15, 0.2) is 0 Å². The number of ether oxygens (including phenoxy) is 1. The molecule has 0 aliphatic carbocycles. The zero-order valence-electron chi connectivity index (χ0n) is 18.4. The van der Waals surface area contributed by atoms with E-state index < -0.39 is 23.3 Å². The molecule has 0 fully saturated rings. The van der Waals surface area contributed by atoms with Crippen molar-refractivity contribution in [1.82, 2.24) is 24.5 Å². The maximum Gasteiger partial charge on any atom is 0.138 e. The van der Waals surface area contributed by atoms with Gasteiger partial charge in [-0.1, -0.05) is 30.3 Å².